The molecule has 0 aromatic heterocycles. The van der Waals surface area contributed by atoms with E-state index in [1.165, 1.54) is 7.11 Å². The van der Waals surface area contributed by atoms with Gasteiger partial charge >= 0.3 is 5.97 Å². The van der Waals surface area contributed by atoms with Crippen molar-refractivity contribution in [2.45, 2.75) is 38.0 Å². The number of amides is 1. The predicted molar refractivity (Wildman–Crippen MR) is 154 cm³/mol. The highest BCUT2D eigenvalue weighted by Crippen LogP contribution is 2.53. The number of hydrogen-bond acceptors (Lipinski definition) is 11. The number of nitrogens with two attached hydrogens (primary N) is 1. The number of methoxy groups -OCH3 is 1. The zero-order valence-electron chi connectivity index (χ0n) is 23.9. The smallest absolute Gasteiger partial charge is 0.337 e. The van der Waals surface area contributed by atoms with E-state index >= 15 is 0 Å². The Morgan fingerprint density at radius 3 is 2.37 bits per heavy atom. The molecular formula is C31H33N3O9. The van der Waals surface area contributed by atoms with Crippen molar-refractivity contribution in [2.75, 3.05) is 26.1 Å². The largest absolute Gasteiger partial charge is 0.508 e. The number of carbonyl (C=O) groups is 4. The number of primary amides is 1. The lowest BCUT2D eigenvalue weighted by molar-refractivity contribution is -0.147. The van der Waals surface area contributed by atoms with E-state index in [0.717, 1.165) is 5.56 Å². The van der Waals surface area contributed by atoms with E-state index in [1.54, 1.807) is 30.3 Å². The van der Waals surface area contributed by atoms with Crippen LogP contribution < -0.4 is 16.0 Å². The molecule has 0 unspecified atom stereocenters. The number of esters is 1. The van der Waals surface area contributed by atoms with Gasteiger partial charge in [-0.05, 0) is 48.1 Å². The van der Waals surface area contributed by atoms with Crippen LogP contribution in [0.4, 0.5) is 5.69 Å². The van der Waals surface area contributed by atoms with Gasteiger partial charge in [0.25, 0.3) is 5.91 Å². The Labute approximate surface area is 247 Å². The van der Waals surface area contributed by atoms with Gasteiger partial charge < -0.3 is 41.1 Å². The second-order valence-corrected chi connectivity index (χ2v) is 11.4. The number of carbonyl (C=O) groups excluding carboxylic acids is 4. The van der Waals surface area contributed by atoms with Crippen LogP contribution in [0.5, 0.6) is 5.75 Å². The quantitative estimate of drug-likeness (QED) is 0.202. The summed E-state index contributed by atoms with van der Waals surface area (Å²) in [5.74, 6) is -7.04. The van der Waals surface area contributed by atoms with Gasteiger partial charge in [0.1, 0.15) is 22.8 Å². The molecule has 12 nitrogen and oxygen atoms in total. The molecular weight excluding hydrogens is 558 g/mol. The molecule has 43 heavy (non-hydrogen) atoms. The number of rotatable bonds is 7. The minimum atomic E-state index is -2.61. The normalized spacial score (nSPS) is 23.0. The number of fused-ring (bicyclic) bond motifs is 3. The van der Waals surface area contributed by atoms with Gasteiger partial charge in [-0.25, -0.2) is 4.79 Å². The van der Waals surface area contributed by atoms with Crippen LogP contribution in [0.25, 0.3) is 5.76 Å². The molecule has 2 aromatic carbocycles. The third-order valence-electron chi connectivity index (χ3n) is 8.62. The Morgan fingerprint density at radius 2 is 1.77 bits per heavy atom. The van der Waals surface area contributed by atoms with Crippen LogP contribution in [0.1, 0.15) is 45.5 Å². The lowest BCUT2D eigenvalue weighted by atomic mass is 9.59. The van der Waals surface area contributed by atoms with Crippen molar-refractivity contribution >= 4 is 34.9 Å². The molecule has 3 atom stereocenters. The summed E-state index contributed by atoms with van der Waals surface area (Å²) in [4.78, 5) is 51.7. The van der Waals surface area contributed by atoms with Crippen molar-refractivity contribution in [3.8, 4) is 5.75 Å². The number of benzene rings is 2. The van der Waals surface area contributed by atoms with Crippen LogP contribution in [0.15, 0.2) is 47.2 Å². The molecule has 5 rings (SSSR count). The van der Waals surface area contributed by atoms with Gasteiger partial charge in [0.2, 0.25) is 5.78 Å². The summed E-state index contributed by atoms with van der Waals surface area (Å²) in [6, 6.07) is 8.62. The van der Waals surface area contributed by atoms with E-state index in [1.807, 2.05) is 19.0 Å². The topological polar surface area (TPSA) is 200 Å². The molecule has 0 radical (unpaired) electrons. The Kier molecular flexibility index (Phi) is 7.53. The van der Waals surface area contributed by atoms with E-state index in [-0.39, 0.29) is 42.7 Å². The lowest BCUT2D eigenvalue weighted by Gasteiger charge is -2.46. The highest BCUT2D eigenvalue weighted by atomic mass is 16.5. The summed E-state index contributed by atoms with van der Waals surface area (Å²) in [6.45, 7) is 0.572. The van der Waals surface area contributed by atoms with Crippen molar-refractivity contribution in [2.24, 2.45) is 17.6 Å². The summed E-state index contributed by atoms with van der Waals surface area (Å²) < 4.78 is 4.72. The first-order valence-electron chi connectivity index (χ1n) is 13.7. The maximum Gasteiger partial charge on any atom is 0.337 e. The average Bonchev–Trinajstić information content (AvgIpc) is 2.95. The van der Waals surface area contributed by atoms with Crippen LogP contribution >= 0.6 is 0 Å². The van der Waals surface area contributed by atoms with E-state index in [4.69, 9.17) is 10.5 Å². The number of anilines is 1. The summed E-state index contributed by atoms with van der Waals surface area (Å²) >= 11 is 0. The second-order valence-electron chi connectivity index (χ2n) is 11.4. The van der Waals surface area contributed by atoms with Crippen molar-refractivity contribution < 1.29 is 44.3 Å². The minimum absolute atomic E-state index is 0.0394. The molecule has 0 bridgehead atoms. The van der Waals surface area contributed by atoms with Gasteiger partial charge in [0.15, 0.2) is 11.4 Å². The molecule has 0 spiro atoms. The molecule has 12 heteroatoms. The number of aliphatic hydroxyl groups excluding tert-OH is 2. The first-order valence-corrected chi connectivity index (χ1v) is 13.7. The van der Waals surface area contributed by atoms with Crippen molar-refractivity contribution in [3.05, 3.63) is 75.1 Å². The molecule has 7 N–H and O–H groups in total. The van der Waals surface area contributed by atoms with Crippen LogP contribution in [0, 0.1) is 11.8 Å². The number of phenols is 1. The molecule has 226 valence electrons. The average molecular weight is 592 g/mol. The maximum atomic E-state index is 13.8. The Morgan fingerprint density at radius 1 is 1.09 bits per heavy atom. The van der Waals surface area contributed by atoms with Gasteiger partial charge in [0.05, 0.1) is 18.2 Å². The van der Waals surface area contributed by atoms with Crippen molar-refractivity contribution in [1.82, 2.24) is 5.32 Å². The second kappa shape index (κ2) is 10.9. The van der Waals surface area contributed by atoms with Crippen molar-refractivity contribution in [3.63, 3.8) is 0 Å². The molecule has 3 aliphatic rings. The monoisotopic (exact) mass is 591 g/mol. The number of ketones is 2. The Balaban J connectivity index is 1.51. The number of aliphatic hydroxyl groups is 3. The molecule has 1 amide bonds. The van der Waals surface area contributed by atoms with Gasteiger partial charge in [0, 0.05) is 56.3 Å². The van der Waals surface area contributed by atoms with Crippen LogP contribution in [0.3, 0.4) is 0 Å². The molecule has 0 heterocycles. The molecule has 1 saturated carbocycles. The Bertz CT molecular complexity index is 1620. The fourth-order valence-electron chi connectivity index (χ4n) is 6.48. The fourth-order valence-corrected chi connectivity index (χ4v) is 6.48. The molecule has 1 fully saturated rings. The van der Waals surface area contributed by atoms with Gasteiger partial charge in [-0.15, -0.1) is 0 Å². The molecule has 0 saturated heterocycles. The zero-order chi connectivity index (χ0) is 31.4. The SMILES string of the molecule is COC(=O)c1ccc(CNCc2cc(N(C)C)c3c(c2O)C(O)=C2C(=O)[C@]4(O)C(O)=C(C(N)=O)C(=O)C[C@@H]4C[C@@H]2C3)cc1. The summed E-state index contributed by atoms with van der Waals surface area (Å²) in [5.41, 5.74) is 4.68. The maximum absolute atomic E-state index is 13.8. The van der Waals surface area contributed by atoms with Crippen LogP contribution in [0.2, 0.25) is 0 Å². The number of phenolic OH excluding ortho intramolecular Hbond substituents is 1. The first-order chi connectivity index (χ1) is 20.3. The van der Waals surface area contributed by atoms with E-state index in [9.17, 15) is 39.6 Å². The highest BCUT2D eigenvalue weighted by Gasteiger charge is 2.60. The van der Waals surface area contributed by atoms with Crippen molar-refractivity contribution in [1.29, 1.82) is 0 Å². The fraction of sp³-hybridized carbons (Fsp3) is 0.355. The standard InChI is InChI=1S/C31H33N3O9/c1-34(2)20-10-17(13-33-12-14-4-6-15(7-5-14)30(41)43-3)25(36)23-19(20)9-16-8-18-11-21(35)24(29(32)40)28(39)31(18,42)27(38)22(16)26(23)37/h4-7,10,16,18,33,36-37,39,42H,8-9,11-13H2,1-3H3,(H2,32,40)/t16-,18+,31+/m1/s1. The van der Waals surface area contributed by atoms with Crippen LogP contribution in [-0.4, -0.2) is 70.7 Å². The summed E-state index contributed by atoms with van der Waals surface area (Å²) in [6.07, 6.45) is -0.0892. The van der Waals surface area contributed by atoms with Crippen LogP contribution in [-0.2, 0) is 38.6 Å². The van der Waals surface area contributed by atoms with E-state index < -0.39 is 58.0 Å². The van der Waals surface area contributed by atoms with E-state index in [2.05, 4.69) is 5.32 Å². The number of Topliss-reactive ketones (excluding diaryl/α,β-unsaturated/α-hetero) is 2. The third-order valence-corrected chi connectivity index (χ3v) is 8.62. The van der Waals surface area contributed by atoms with E-state index in [0.29, 0.717) is 28.9 Å². The van der Waals surface area contributed by atoms with Gasteiger partial charge in [-0.3, -0.25) is 14.4 Å². The van der Waals surface area contributed by atoms with Gasteiger partial charge in [-0.2, -0.15) is 0 Å². The molecule has 3 aliphatic carbocycles. The lowest BCUT2D eigenvalue weighted by Crippen LogP contribution is -2.58. The minimum Gasteiger partial charge on any atom is -0.508 e. The molecule has 2 aromatic rings. The predicted octanol–water partition coefficient (Wildman–Crippen LogP) is 1.57. The van der Waals surface area contributed by atoms with Gasteiger partial charge in [-0.1, -0.05) is 12.1 Å². The number of aromatic hydroxyl groups is 1. The summed E-state index contributed by atoms with van der Waals surface area (Å²) in [5, 5.41) is 48.3. The molecule has 0 aliphatic heterocycles. The highest BCUT2D eigenvalue weighted by molar-refractivity contribution is 6.22. The zero-order valence-corrected chi connectivity index (χ0v) is 23.9. The number of nitrogens with zero attached hydrogens (tertiary/aromatic N) is 1. The number of nitrogens with one attached hydrogen (secondary N) is 1. The number of hydrogen-bond donors (Lipinski definition) is 6. The Hall–Kier alpha value is -4.68. The summed E-state index contributed by atoms with van der Waals surface area (Å²) in [7, 11) is 4.92. The third kappa shape index (κ3) is 4.72. The first kappa shape index (κ1) is 29.8. The number of ether oxygens (including phenoxy) is 1.